The van der Waals surface area contributed by atoms with Crippen LogP contribution in [0, 0.1) is 0 Å². The lowest BCUT2D eigenvalue weighted by Crippen LogP contribution is -2.09. The standard InChI is InChI=1S/C13H10O3S/c14-13(15)11-8-4-5-9-12(11)17(16)10-6-2-1-3-7-10/h1-9H,(H,14,15). The maximum absolute atomic E-state index is 12.2. The van der Waals surface area contributed by atoms with E-state index in [1.807, 2.05) is 6.07 Å². The molecule has 0 amide bonds. The molecule has 17 heavy (non-hydrogen) atoms. The molecule has 0 saturated carbocycles. The summed E-state index contributed by atoms with van der Waals surface area (Å²) in [6.45, 7) is 0. The molecule has 0 aliphatic heterocycles. The van der Waals surface area contributed by atoms with Gasteiger partial charge in [-0.05, 0) is 24.3 Å². The van der Waals surface area contributed by atoms with Crippen LogP contribution >= 0.6 is 0 Å². The molecule has 0 aromatic heterocycles. The second-order valence-corrected chi connectivity index (χ2v) is 4.83. The van der Waals surface area contributed by atoms with Crippen molar-refractivity contribution in [2.75, 3.05) is 0 Å². The Morgan fingerprint density at radius 1 is 1.00 bits per heavy atom. The molecule has 0 spiro atoms. The van der Waals surface area contributed by atoms with E-state index in [9.17, 15) is 9.35 Å². The van der Waals surface area contributed by atoms with E-state index in [0.29, 0.717) is 9.79 Å². The van der Waals surface area contributed by atoms with Gasteiger partial charge in [0.2, 0.25) is 0 Å². The highest BCUT2D eigenvalue weighted by Gasteiger charge is 2.21. The zero-order valence-electron chi connectivity index (χ0n) is 8.87. The lowest BCUT2D eigenvalue weighted by Gasteiger charge is -2.11. The molecular weight excluding hydrogens is 236 g/mol. The fourth-order valence-electron chi connectivity index (χ4n) is 1.48. The molecule has 2 aromatic rings. The number of carbonyl (C=O) groups is 1. The van der Waals surface area contributed by atoms with E-state index in [2.05, 4.69) is 0 Å². The van der Waals surface area contributed by atoms with Crippen molar-refractivity contribution >= 4 is 17.1 Å². The van der Waals surface area contributed by atoms with Crippen LogP contribution in [0.3, 0.4) is 0 Å². The Balaban J connectivity index is 2.44. The number of carboxylic acid groups (broad SMARTS) is 1. The average Bonchev–Trinajstić information content (AvgIpc) is 2.39. The van der Waals surface area contributed by atoms with Crippen molar-refractivity contribution in [1.29, 1.82) is 0 Å². The second kappa shape index (κ2) is 5.03. The van der Waals surface area contributed by atoms with Gasteiger partial charge in [-0.3, -0.25) is 0 Å². The molecule has 1 N–H and O–H groups in total. The molecule has 1 atom stereocenters. The summed E-state index contributed by atoms with van der Waals surface area (Å²) >= 11 is -1.46. The molecule has 1 unspecified atom stereocenters. The van der Waals surface area contributed by atoms with E-state index in [1.54, 1.807) is 42.5 Å². The van der Waals surface area contributed by atoms with Crippen LogP contribution in [-0.2, 0) is 11.2 Å². The first-order valence-electron chi connectivity index (χ1n) is 4.99. The fraction of sp³-hybridized carbons (Fsp3) is 0. The summed E-state index contributed by atoms with van der Waals surface area (Å²) in [5.41, 5.74) is 0.0784. The van der Waals surface area contributed by atoms with E-state index in [0.717, 1.165) is 0 Å². The summed E-state index contributed by atoms with van der Waals surface area (Å²) < 4.78 is 12.2. The normalized spacial score (nSPS) is 12.1. The predicted molar refractivity (Wildman–Crippen MR) is 64.5 cm³/mol. The van der Waals surface area contributed by atoms with Crippen LogP contribution < -0.4 is 0 Å². The van der Waals surface area contributed by atoms with Crippen LogP contribution in [0.15, 0.2) is 64.4 Å². The Morgan fingerprint density at radius 2 is 1.59 bits per heavy atom. The van der Waals surface area contributed by atoms with Gasteiger partial charge in [0.05, 0.1) is 0 Å². The lowest BCUT2D eigenvalue weighted by molar-refractivity contribution is 0.0692. The molecule has 86 valence electrons. The van der Waals surface area contributed by atoms with E-state index in [4.69, 9.17) is 5.11 Å². The Labute approximate surface area is 102 Å². The Kier molecular flexibility index (Phi) is 3.46. The van der Waals surface area contributed by atoms with Crippen LogP contribution in [0.25, 0.3) is 0 Å². The first kappa shape index (κ1) is 11.7. The van der Waals surface area contributed by atoms with Gasteiger partial charge >= 0.3 is 5.97 Å². The van der Waals surface area contributed by atoms with E-state index in [1.165, 1.54) is 6.07 Å². The summed E-state index contributed by atoms with van der Waals surface area (Å²) in [6, 6.07) is 15.1. The fourth-order valence-corrected chi connectivity index (χ4v) is 2.69. The number of hydrogen-bond acceptors (Lipinski definition) is 2. The van der Waals surface area contributed by atoms with E-state index < -0.39 is 17.1 Å². The van der Waals surface area contributed by atoms with Crippen molar-refractivity contribution in [1.82, 2.24) is 0 Å². The molecule has 0 saturated heterocycles. The van der Waals surface area contributed by atoms with Gasteiger partial charge in [0.15, 0.2) is 9.79 Å². The van der Waals surface area contributed by atoms with Gasteiger partial charge in [-0.15, -0.1) is 0 Å². The number of carboxylic acids is 1. The third-order valence-corrected chi connectivity index (χ3v) is 3.73. The lowest BCUT2D eigenvalue weighted by atomic mass is 10.2. The summed E-state index contributed by atoms with van der Waals surface area (Å²) in [4.78, 5) is 11.9. The van der Waals surface area contributed by atoms with Gasteiger partial charge in [-0.25, -0.2) is 4.79 Å². The summed E-state index contributed by atoms with van der Waals surface area (Å²) in [5, 5.41) is 9.03. The van der Waals surface area contributed by atoms with Gasteiger partial charge in [-0.2, -0.15) is 0 Å². The van der Waals surface area contributed by atoms with Crippen molar-refractivity contribution in [3.05, 3.63) is 60.2 Å². The van der Waals surface area contributed by atoms with E-state index in [-0.39, 0.29) is 5.56 Å². The number of rotatable bonds is 3. The summed E-state index contributed by atoms with van der Waals surface area (Å²) in [6.07, 6.45) is 0. The van der Waals surface area contributed by atoms with E-state index >= 15 is 0 Å². The summed E-state index contributed by atoms with van der Waals surface area (Å²) in [7, 11) is 0. The molecule has 0 fully saturated rings. The number of hydrogen-bond donors (Lipinski definition) is 1. The highest BCUT2D eigenvalue weighted by molar-refractivity contribution is 7.91. The maximum atomic E-state index is 12.2. The van der Waals surface area contributed by atoms with Crippen LogP contribution in [-0.4, -0.2) is 15.6 Å². The first-order chi connectivity index (χ1) is 8.20. The maximum Gasteiger partial charge on any atom is 0.340 e. The minimum Gasteiger partial charge on any atom is -0.606 e. The molecule has 3 nitrogen and oxygen atoms in total. The largest absolute Gasteiger partial charge is 0.606 e. The third-order valence-electron chi connectivity index (χ3n) is 2.27. The van der Waals surface area contributed by atoms with Crippen LogP contribution in [0.1, 0.15) is 10.4 Å². The minimum absolute atomic E-state index is 0.0784. The van der Waals surface area contributed by atoms with Crippen molar-refractivity contribution < 1.29 is 14.5 Å². The molecule has 0 aliphatic carbocycles. The number of aromatic carboxylic acids is 1. The molecule has 2 aromatic carbocycles. The molecule has 0 radical (unpaired) electrons. The monoisotopic (exact) mass is 246 g/mol. The first-order valence-corrected chi connectivity index (χ1v) is 6.14. The van der Waals surface area contributed by atoms with Gasteiger partial charge in [0, 0.05) is 11.2 Å². The smallest absolute Gasteiger partial charge is 0.340 e. The van der Waals surface area contributed by atoms with Gasteiger partial charge < -0.3 is 9.66 Å². The van der Waals surface area contributed by atoms with Crippen molar-refractivity contribution in [3.63, 3.8) is 0 Å². The molecule has 0 bridgehead atoms. The average molecular weight is 246 g/mol. The molecule has 2 rings (SSSR count). The minimum atomic E-state index is -1.46. The van der Waals surface area contributed by atoms with Crippen LogP contribution in [0.5, 0.6) is 0 Å². The highest BCUT2D eigenvalue weighted by atomic mass is 32.2. The van der Waals surface area contributed by atoms with Crippen molar-refractivity contribution in [2.24, 2.45) is 0 Å². The van der Waals surface area contributed by atoms with Crippen molar-refractivity contribution in [3.8, 4) is 0 Å². The zero-order chi connectivity index (χ0) is 12.3. The van der Waals surface area contributed by atoms with Gasteiger partial charge in [0.1, 0.15) is 5.56 Å². The van der Waals surface area contributed by atoms with Crippen LogP contribution in [0.4, 0.5) is 0 Å². The quantitative estimate of drug-likeness (QED) is 0.847. The van der Waals surface area contributed by atoms with Crippen LogP contribution in [0.2, 0.25) is 0 Å². The Bertz CT molecular complexity index is 525. The second-order valence-electron chi connectivity index (χ2n) is 3.38. The molecule has 0 heterocycles. The third kappa shape index (κ3) is 2.49. The van der Waals surface area contributed by atoms with Crippen molar-refractivity contribution in [2.45, 2.75) is 9.79 Å². The van der Waals surface area contributed by atoms with Gasteiger partial charge in [0.25, 0.3) is 0 Å². The Morgan fingerprint density at radius 3 is 2.24 bits per heavy atom. The molecular formula is C13H10O3S. The molecule has 4 heteroatoms. The summed E-state index contributed by atoms with van der Waals surface area (Å²) in [5.74, 6) is -1.06. The predicted octanol–water partition coefficient (Wildman–Crippen LogP) is 2.55. The topological polar surface area (TPSA) is 60.4 Å². The zero-order valence-corrected chi connectivity index (χ0v) is 9.68. The highest BCUT2D eigenvalue weighted by Crippen LogP contribution is 2.23. The Hall–Kier alpha value is -1.78. The number of benzene rings is 2. The van der Waals surface area contributed by atoms with Gasteiger partial charge in [-0.1, -0.05) is 30.3 Å². The molecule has 0 aliphatic rings. The SMILES string of the molecule is O=C(O)c1ccccc1[S+]([O-])c1ccccc1.